The molecule has 1 aromatic rings. The van der Waals surface area contributed by atoms with Crippen molar-refractivity contribution >= 4 is 34.7 Å². The minimum absolute atomic E-state index is 0. The van der Waals surface area contributed by atoms with E-state index in [0.717, 1.165) is 0 Å². The van der Waals surface area contributed by atoms with Gasteiger partial charge in [0.25, 0.3) is 0 Å². The van der Waals surface area contributed by atoms with Crippen LogP contribution in [0.2, 0.25) is 0 Å². The van der Waals surface area contributed by atoms with Crippen molar-refractivity contribution in [1.82, 2.24) is 0 Å². The maximum Gasteiger partial charge on any atom is 2.00 e. The molecule has 3 heteroatoms. The molecule has 1 rings (SSSR count). The van der Waals surface area contributed by atoms with Crippen molar-refractivity contribution in [1.29, 1.82) is 0 Å². The van der Waals surface area contributed by atoms with E-state index in [-0.39, 0.29) is 34.8 Å². The van der Waals surface area contributed by atoms with Gasteiger partial charge in [0.1, 0.15) is 5.82 Å². The smallest absolute Gasteiger partial charge is 0.207 e. The van der Waals surface area contributed by atoms with Gasteiger partial charge >= 0.3 is 23.1 Å². The van der Waals surface area contributed by atoms with Crippen LogP contribution in [0.25, 0.3) is 0 Å². The largest absolute Gasteiger partial charge is 2.00 e. The third kappa shape index (κ3) is 2.44. The third-order valence-corrected chi connectivity index (χ3v) is 1.39. The van der Waals surface area contributed by atoms with Gasteiger partial charge in [-0.2, -0.15) is 0 Å². The average Bonchev–Trinajstić information content (AvgIpc) is 1.89. The van der Waals surface area contributed by atoms with E-state index in [1.807, 2.05) is 0 Å². The summed E-state index contributed by atoms with van der Waals surface area (Å²) in [6.07, 6.45) is 0. The molecule has 0 unspecified atom stereocenters. The maximum atomic E-state index is 12.5. The Labute approximate surface area is 80.5 Å². The Morgan fingerprint density at radius 3 is 2.30 bits per heavy atom. The van der Waals surface area contributed by atoms with Crippen LogP contribution in [0.15, 0.2) is 24.3 Å². The fourth-order valence-electron chi connectivity index (χ4n) is 0.607. The van der Waals surface area contributed by atoms with Crippen molar-refractivity contribution in [3.8, 4) is 0 Å². The summed E-state index contributed by atoms with van der Waals surface area (Å²) in [5, 5.41) is 0. The van der Waals surface area contributed by atoms with Crippen molar-refractivity contribution in [2.45, 2.75) is 5.88 Å². The van der Waals surface area contributed by atoms with Gasteiger partial charge in [-0.3, -0.25) is 0 Å². The van der Waals surface area contributed by atoms with Gasteiger partial charge in [-0.15, -0.1) is 11.6 Å². The summed E-state index contributed by atoms with van der Waals surface area (Å²) in [4.78, 5) is 0. The monoisotopic (exact) mass is 168 g/mol. The summed E-state index contributed by atoms with van der Waals surface area (Å²) in [5.74, 6) is 0.0136. The SMILES string of the molecule is Fc1ccccc1CCl.[Mg+2]. The van der Waals surface area contributed by atoms with Crippen LogP contribution in [-0.2, 0) is 5.88 Å². The first kappa shape index (κ1) is 10.2. The van der Waals surface area contributed by atoms with Gasteiger partial charge in [-0.05, 0) is 6.07 Å². The number of rotatable bonds is 1. The molecule has 0 aromatic heterocycles. The molecule has 0 saturated heterocycles. The molecule has 0 radical (unpaired) electrons. The quantitative estimate of drug-likeness (QED) is 0.446. The standard InChI is InChI=1S/C7H6ClF.Mg/c8-5-6-3-1-2-4-7(6)9;/h1-4H,5H2;/q;+2. The first-order valence-electron chi connectivity index (χ1n) is 2.64. The molecular weight excluding hydrogens is 163 g/mol. The molecule has 10 heavy (non-hydrogen) atoms. The van der Waals surface area contributed by atoms with Crippen LogP contribution in [0.5, 0.6) is 0 Å². The first-order valence-corrected chi connectivity index (χ1v) is 3.17. The van der Waals surface area contributed by atoms with Gasteiger partial charge in [0.05, 0.1) is 5.88 Å². The Morgan fingerprint density at radius 1 is 1.30 bits per heavy atom. The molecular formula is C7H6ClFMg+2. The number of halogens is 2. The maximum absolute atomic E-state index is 12.5. The van der Waals surface area contributed by atoms with Gasteiger partial charge in [0.15, 0.2) is 0 Å². The van der Waals surface area contributed by atoms with Gasteiger partial charge in [0.2, 0.25) is 0 Å². The van der Waals surface area contributed by atoms with Crippen molar-refractivity contribution in [3.63, 3.8) is 0 Å². The number of hydrogen-bond acceptors (Lipinski definition) is 0. The summed E-state index contributed by atoms with van der Waals surface area (Å²) < 4.78 is 12.5. The molecule has 0 bridgehead atoms. The van der Waals surface area contributed by atoms with E-state index in [4.69, 9.17) is 11.6 Å². The van der Waals surface area contributed by atoms with Gasteiger partial charge in [-0.1, -0.05) is 18.2 Å². The van der Waals surface area contributed by atoms with Crippen LogP contribution in [0.3, 0.4) is 0 Å². The van der Waals surface area contributed by atoms with Crippen LogP contribution in [0.4, 0.5) is 4.39 Å². The predicted molar refractivity (Wildman–Crippen MR) is 41.7 cm³/mol. The van der Waals surface area contributed by atoms with Crippen LogP contribution in [-0.4, -0.2) is 23.1 Å². The van der Waals surface area contributed by atoms with Crippen molar-refractivity contribution in [2.24, 2.45) is 0 Å². The molecule has 0 fully saturated rings. The van der Waals surface area contributed by atoms with Crippen LogP contribution in [0.1, 0.15) is 5.56 Å². The second-order valence-corrected chi connectivity index (χ2v) is 1.99. The van der Waals surface area contributed by atoms with E-state index in [0.29, 0.717) is 5.56 Å². The van der Waals surface area contributed by atoms with Gasteiger partial charge in [0, 0.05) is 5.56 Å². The number of hydrogen-bond donors (Lipinski definition) is 0. The Balaban J connectivity index is 0.000000810. The van der Waals surface area contributed by atoms with Crippen LogP contribution in [0, 0.1) is 5.82 Å². The summed E-state index contributed by atoms with van der Waals surface area (Å²) in [6, 6.07) is 6.48. The molecule has 0 amide bonds. The summed E-state index contributed by atoms with van der Waals surface area (Å²) in [5.41, 5.74) is 0.555. The van der Waals surface area contributed by atoms with Gasteiger partial charge < -0.3 is 0 Å². The fraction of sp³-hybridized carbons (Fsp3) is 0.143. The van der Waals surface area contributed by atoms with E-state index < -0.39 is 0 Å². The van der Waals surface area contributed by atoms with E-state index >= 15 is 0 Å². The Morgan fingerprint density at radius 2 is 1.90 bits per heavy atom. The Kier molecular flexibility index (Phi) is 5.04. The topological polar surface area (TPSA) is 0 Å². The van der Waals surface area contributed by atoms with E-state index in [9.17, 15) is 4.39 Å². The molecule has 0 aliphatic heterocycles. The molecule has 0 nitrogen and oxygen atoms in total. The third-order valence-electron chi connectivity index (χ3n) is 1.10. The minimum atomic E-state index is -0.229. The zero-order valence-electron chi connectivity index (χ0n) is 5.48. The van der Waals surface area contributed by atoms with Crippen molar-refractivity contribution in [3.05, 3.63) is 35.6 Å². The van der Waals surface area contributed by atoms with Crippen LogP contribution < -0.4 is 0 Å². The predicted octanol–water partition coefficient (Wildman–Crippen LogP) is 2.18. The molecule has 0 heterocycles. The average molecular weight is 169 g/mol. The molecule has 0 atom stereocenters. The Hall–Kier alpha value is 0.206. The molecule has 0 saturated carbocycles. The molecule has 0 spiro atoms. The minimum Gasteiger partial charge on any atom is -0.207 e. The summed E-state index contributed by atoms with van der Waals surface area (Å²) in [7, 11) is 0. The summed E-state index contributed by atoms with van der Waals surface area (Å²) >= 11 is 5.39. The Bertz CT molecular complexity index is 203. The zero-order valence-corrected chi connectivity index (χ0v) is 7.65. The zero-order chi connectivity index (χ0) is 6.69. The molecule has 1 aromatic carbocycles. The van der Waals surface area contributed by atoms with E-state index in [1.165, 1.54) is 6.07 Å². The van der Waals surface area contributed by atoms with Crippen molar-refractivity contribution < 1.29 is 4.39 Å². The first-order chi connectivity index (χ1) is 4.34. The second-order valence-electron chi connectivity index (χ2n) is 1.73. The second kappa shape index (κ2) is 4.94. The normalized spacial score (nSPS) is 8.60. The van der Waals surface area contributed by atoms with Gasteiger partial charge in [-0.25, -0.2) is 4.39 Å². The fourth-order valence-corrected chi connectivity index (χ4v) is 0.824. The molecule has 0 aliphatic carbocycles. The van der Waals surface area contributed by atoms with E-state index in [1.54, 1.807) is 18.2 Å². The van der Waals surface area contributed by atoms with Crippen LogP contribution >= 0.6 is 11.6 Å². The summed E-state index contributed by atoms with van der Waals surface area (Å²) in [6.45, 7) is 0. The van der Waals surface area contributed by atoms with Crippen molar-refractivity contribution in [2.75, 3.05) is 0 Å². The number of alkyl halides is 1. The van der Waals surface area contributed by atoms with E-state index in [2.05, 4.69) is 0 Å². The molecule has 48 valence electrons. The number of benzene rings is 1. The molecule has 0 aliphatic rings. The molecule has 0 N–H and O–H groups in total.